The first-order valence-corrected chi connectivity index (χ1v) is 9.19. The van der Waals surface area contributed by atoms with Crippen LogP contribution in [-0.2, 0) is 13.1 Å². The Morgan fingerprint density at radius 2 is 1.74 bits per heavy atom. The normalized spacial score (nSPS) is 11.7. The minimum absolute atomic E-state index is 0.129. The van der Waals surface area contributed by atoms with Crippen molar-refractivity contribution in [3.05, 3.63) is 80.0 Å². The highest BCUT2D eigenvalue weighted by Crippen LogP contribution is 2.13. The summed E-state index contributed by atoms with van der Waals surface area (Å²) in [6.45, 7) is 4.86. The standard InChI is InChI=1S/C20H19ClN4O2/c1-13(2)11-23-18(26)16-5-3-4-6-17(16)25-19(23)22-24(20(25)27)12-14-7-9-15(21)10-8-14/h3-10,13H,11-12H2,1-2H3. The van der Waals surface area contributed by atoms with Crippen molar-refractivity contribution in [1.29, 1.82) is 0 Å². The molecule has 6 nitrogen and oxygen atoms in total. The lowest BCUT2D eigenvalue weighted by Gasteiger charge is -2.11. The lowest BCUT2D eigenvalue weighted by molar-refractivity contribution is 0.516. The fraction of sp³-hybridized carbons (Fsp3) is 0.250. The van der Waals surface area contributed by atoms with Crippen LogP contribution in [-0.4, -0.2) is 18.7 Å². The molecule has 2 aromatic heterocycles. The van der Waals surface area contributed by atoms with Crippen molar-refractivity contribution < 1.29 is 0 Å². The lowest BCUT2D eigenvalue weighted by atomic mass is 10.2. The second kappa shape index (κ2) is 6.70. The van der Waals surface area contributed by atoms with Crippen molar-refractivity contribution in [3.8, 4) is 0 Å². The van der Waals surface area contributed by atoms with E-state index in [1.807, 2.05) is 32.0 Å². The van der Waals surface area contributed by atoms with Crippen LogP contribution in [0, 0.1) is 5.92 Å². The van der Waals surface area contributed by atoms with E-state index in [9.17, 15) is 9.59 Å². The predicted molar refractivity (Wildman–Crippen MR) is 107 cm³/mol. The molecule has 2 heterocycles. The van der Waals surface area contributed by atoms with Crippen molar-refractivity contribution >= 4 is 28.3 Å². The van der Waals surface area contributed by atoms with Gasteiger partial charge in [-0.25, -0.2) is 13.9 Å². The van der Waals surface area contributed by atoms with Crippen molar-refractivity contribution in [2.75, 3.05) is 0 Å². The summed E-state index contributed by atoms with van der Waals surface area (Å²) in [5.74, 6) is 0.607. The van der Waals surface area contributed by atoms with Crippen LogP contribution in [0.2, 0.25) is 5.02 Å². The lowest BCUT2D eigenvalue weighted by Crippen LogP contribution is -2.27. The first-order chi connectivity index (χ1) is 13.0. The van der Waals surface area contributed by atoms with Gasteiger partial charge in [0.2, 0.25) is 5.78 Å². The number of fused-ring (bicyclic) bond motifs is 3. The number of benzene rings is 2. The molecule has 0 saturated heterocycles. The Hall–Kier alpha value is -2.86. The highest BCUT2D eigenvalue weighted by molar-refractivity contribution is 6.30. The summed E-state index contributed by atoms with van der Waals surface area (Å²) in [6.07, 6.45) is 0. The van der Waals surface area contributed by atoms with Gasteiger partial charge in [-0.3, -0.25) is 9.36 Å². The molecule has 0 fully saturated rings. The molecular formula is C20H19ClN4O2. The summed E-state index contributed by atoms with van der Waals surface area (Å²) in [7, 11) is 0. The molecule has 0 aliphatic rings. The molecule has 138 valence electrons. The summed E-state index contributed by atoms with van der Waals surface area (Å²) in [6, 6.07) is 14.4. The number of hydrogen-bond acceptors (Lipinski definition) is 3. The van der Waals surface area contributed by atoms with Crippen molar-refractivity contribution in [2.24, 2.45) is 5.92 Å². The van der Waals surface area contributed by atoms with Gasteiger partial charge < -0.3 is 0 Å². The van der Waals surface area contributed by atoms with E-state index in [0.29, 0.717) is 34.8 Å². The van der Waals surface area contributed by atoms with Crippen LogP contribution in [0.3, 0.4) is 0 Å². The molecule has 0 amide bonds. The summed E-state index contributed by atoms with van der Waals surface area (Å²) in [4.78, 5) is 26.1. The van der Waals surface area contributed by atoms with Crippen LogP contribution in [0.25, 0.3) is 16.7 Å². The van der Waals surface area contributed by atoms with E-state index in [4.69, 9.17) is 11.6 Å². The molecule has 0 aliphatic carbocycles. The van der Waals surface area contributed by atoms with Crippen molar-refractivity contribution in [2.45, 2.75) is 26.9 Å². The van der Waals surface area contributed by atoms with Crippen molar-refractivity contribution in [3.63, 3.8) is 0 Å². The molecule has 4 aromatic rings. The first kappa shape index (κ1) is 17.5. The van der Waals surface area contributed by atoms with Gasteiger partial charge in [-0.2, -0.15) is 0 Å². The maximum Gasteiger partial charge on any atom is 0.352 e. The van der Waals surface area contributed by atoms with Gasteiger partial charge in [-0.05, 0) is 35.7 Å². The molecule has 27 heavy (non-hydrogen) atoms. The Morgan fingerprint density at radius 1 is 1.04 bits per heavy atom. The van der Waals surface area contributed by atoms with E-state index in [1.54, 1.807) is 34.9 Å². The summed E-state index contributed by atoms with van der Waals surface area (Å²) >= 11 is 5.94. The number of halogens is 1. The van der Waals surface area contributed by atoms with Gasteiger partial charge in [0.1, 0.15) is 0 Å². The van der Waals surface area contributed by atoms with Gasteiger partial charge in [-0.15, -0.1) is 5.10 Å². The van der Waals surface area contributed by atoms with Crippen LogP contribution >= 0.6 is 11.6 Å². The molecule has 0 bridgehead atoms. The number of para-hydroxylation sites is 1. The number of nitrogens with zero attached hydrogens (tertiary/aromatic N) is 4. The van der Waals surface area contributed by atoms with E-state index in [2.05, 4.69) is 5.10 Å². The van der Waals surface area contributed by atoms with E-state index in [-0.39, 0.29) is 17.2 Å². The largest absolute Gasteiger partial charge is 0.352 e. The minimum Gasteiger partial charge on any atom is -0.276 e. The Morgan fingerprint density at radius 3 is 2.44 bits per heavy atom. The quantitative estimate of drug-likeness (QED) is 0.544. The average Bonchev–Trinajstić information content (AvgIpc) is 2.97. The molecule has 0 atom stereocenters. The molecule has 0 N–H and O–H groups in total. The molecular weight excluding hydrogens is 364 g/mol. The molecule has 7 heteroatoms. The maximum atomic E-state index is 13.1. The molecule has 0 aliphatic heterocycles. The van der Waals surface area contributed by atoms with E-state index in [1.165, 1.54) is 9.08 Å². The third-order valence-electron chi connectivity index (χ3n) is 4.48. The number of aromatic nitrogens is 4. The van der Waals surface area contributed by atoms with Gasteiger partial charge in [0.25, 0.3) is 5.56 Å². The zero-order valence-corrected chi connectivity index (χ0v) is 15.8. The Balaban J connectivity index is 1.99. The first-order valence-electron chi connectivity index (χ1n) is 8.81. The molecule has 4 rings (SSSR count). The van der Waals surface area contributed by atoms with Gasteiger partial charge >= 0.3 is 5.69 Å². The second-order valence-electron chi connectivity index (χ2n) is 7.03. The summed E-state index contributed by atoms with van der Waals surface area (Å²) in [5.41, 5.74) is 1.08. The summed E-state index contributed by atoms with van der Waals surface area (Å²) < 4.78 is 4.50. The molecule has 0 unspecified atom stereocenters. The Bertz CT molecular complexity index is 1250. The van der Waals surface area contributed by atoms with Crippen LogP contribution in [0.15, 0.2) is 58.1 Å². The average molecular weight is 383 g/mol. The van der Waals surface area contributed by atoms with Gasteiger partial charge in [0, 0.05) is 11.6 Å². The predicted octanol–water partition coefficient (Wildman–Crippen LogP) is 3.17. The zero-order chi connectivity index (χ0) is 19.1. The third kappa shape index (κ3) is 3.06. The number of rotatable bonds is 4. The van der Waals surface area contributed by atoms with Crippen LogP contribution in [0.5, 0.6) is 0 Å². The van der Waals surface area contributed by atoms with E-state index < -0.39 is 0 Å². The zero-order valence-electron chi connectivity index (χ0n) is 15.1. The topological polar surface area (TPSA) is 61.3 Å². The molecule has 0 saturated carbocycles. The van der Waals surface area contributed by atoms with Gasteiger partial charge in [0.05, 0.1) is 17.4 Å². The third-order valence-corrected chi connectivity index (χ3v) is 4.73. The monoisotopic (exact) mass is 382 g/mol. The molecule has 0 radical (unpaired) electrons. The van der Waals surface area contributed by atoms with Crippen LogP contribution in [0.4, 0.5) is 0 Å². The van der Waals surface area contributed by atoms with Gasteiger partial charge in [-0.1, -0.05) is 49.7 Å². The van der Waals surface area contributed by atoms with E-state index in [0.717, 1.165) is 5.56 Å². The van der Waals surface area contributed by atoms with Crippen LogP contribution in [0.1, 0.15) is 19.4 Å². The summed E-state index contributed by atoms with van der Waals surface area (Å²) in [5, 5.41) is 5.64. The van der Waals surface area contributed by atoms with Gasteiger partial charge in [0.15, 0.2) is 0 Å². The van der Waals surface area contributed by atoms with Crippen LogP contribution < -0.4 is 11.2 Å². The van der Waals surface area contributed by atoms with Crippen molar-refractivity contribution in [1.82, 2.24) is 18.7 Å². The Kier molecular flexibility index (Phi) is 4.36. The SMILES string of the molecule is CC(C)Cn1c(=O)c2ccccc2n2c(=O)n(Cc3ccc(Cl)cc3)nc12. The fourth-order valence-corrected chi connectivity index (χ4v) is 3.39. The highest BCUT2D eigenvalue weighted by Gasteiger charge is 2.17. The number of hydrogen-bond donors (Lipinski definition) is 0. The second-order valence-corrected chi connectivity index (χ2v) is 7.47. The smallest absolute Gasteiger partial charge is 0.276 e. The Labute approximate surface area is 160 Å². The molecule has 2 aromatic carbocycles. The highest BCUT2D eigenvalue weighted by atomic mass is 35.5. The minimum atomic E-state index is -0.270. The maximum absolute atomic E-state index is 13.1. The fourth-order valence-electron chi connectivity index (χ4n) is 3.26. The molecule has 0 spiro atoms. The van der Waals surface area contributed by atoms with E-state index >= 15 is 0 Å².